The molecular formula is C13H27N3O. The first-order chi connectivity index (χ1) is 8.18. The van der Waals surface area contributed by atoms with Crippen molar-refractivity contribution < 1.29 is 4.79 Å². The van der Waals surface area contributed by atoms with Crippen LogP contribution in [0.4, 0.5) is 0 Å². The molecule has 100 valence electrons. The second-order valence-electron chi connectivity index (χ2n) is 4.44. The summed E-state index contributed by atoms with van der Waals surface area (Å²) in [5, 5.41) is 3.87. The van der Waals surface area contributed by atoms with E-state index in [-0.39, 0.29) is 0 Å². The van der Waals surface area contributed by atoms with E-state index in [9.17, 15) is 4.79 Å². The number of primary amides is 1. The van der Waals surface area contributed by atoms with Gasteiger partial charge in [0.25, 0.3) is 5.91 Å². The standard InChI is InChI=1S/C13H27N3O/c1-3-4-5-6-7-8-9-10-11-15-16-12(2)13(14)17/h15H,3-11H2,1-2H3,(H2,14,17). The summed E-state index contributed by atoms with van der Waals surface area (Å²) in [5.74, 6) is -0.464. The van der Waals surface area contributed by atoms with E-state index < -0.39 is 5.91 Å². The molecule has 0 rings (SSSR count). The zero-order valence-corrected chi connectivity index (χ0v) is 11.3. The zero-order valence-electron chi connectivity index (χ0n) is 11.3. The van der Waals surface area contributed by atoms with E-state index in [1.165, 1.54) is 44.9 Å². The Hall–Kier alpha value is -1.06. The molecule has 17 heavy (non-hydrogen) atoms. The number of carbonyl (C=O) groups is 1. The Kier molecular flexibility index (Phi) is 10.7. The predicted molar refractivity (Wildman–Crippen MR) is 72.9 cm³/mol. The highest BCUT2D eigenvalue weighted by Crippen LogP contribution is 2.07. The fraction of sp³-hybridized carbons (Fsp3) is 0.846. The fourth-order valence-corrected chi connectivity index (χ4v) is 1.57. The molecule has 0 atom stereocenters. The van der Waals surface area contributed by atoms with Gasteiger partial charge in [-0.05, 0) is 13.3 Å². The summed E-state index contributed by atoms with van der Waals surface area (Å²) in [6, 6.07) is 0. The molecular weight excluding hydrogens is 214 g/mol. The SMILES string of the molecule is CCCCCCCCCCNN=C(C)C(N)=O. The minimum atomic E-state index is -0.464. The molecule has 0 aliphatic rings. The molecule has 0 saturated carbocycles. The van der Waals surface area contributed by atoms with Crippen LogP contribution in [0, 0.1) is 0 Å². The Morgan fingerprint density at radius 1 is 1.06 bits per heavy atom. The first-order valence-corrected chi connectivity index (χ1v) is 6.75. The number of hydrogen-bond donors (Lipinski definition) is 2. The lowest BCUT2D eigenvalue weighted by molar-refractivity contribution is -0.112. The summed E-state index contributed by atoms with van der Waals surface area (Å²) in [6.07, 6.45) is 10.4. The van der Waals surface area contributed by atoms with Gasteiger partial charge in [0.05, 0.1) is 0 Å². The van der Waals surface area contributed by atoms with Crippen LogP contribution in [0.25, 0.3) is 0 Å². The molecule has 0 aliphatic carbocycles. The highest BCUT2D eigenvalue weighted by molar-refractivity contribution is 6.37. The van der Waals surface area contributed by atoms with Gasteiger partial charge in [-0.15, -0.1) is 0 Å². The van der Waals surface area contributed by atoms with Gasteiger partial charge in [0.1, 0.15) is 5.71 Å². The fourth-order valence-electron chi connectivity index (χ4n) is 1.57. The number of carbonyl (C=O) groups excluding carboxylic acids is 1. The maximum atomic E-state index is 10.6. The third kappa shape index (κ3) is 11.2. The zero-order chi connectivity index (χ0) is 12.9. The van der Waals surface area contributed by atoms with Crippen molar-refractivity contribution in [2.75, 3.05) is 6.54 Å². The van der Waals surface area contributed by atoms with Crippen molar-refractivity contribution in [3.05, 3.63) is 0 Å². The molecule has 0 heterocycles. The smallest absolute Gasteiger partial charge is 0.264 e. The molecule has 0 aliphatic heterocycles. The molecule has 4 heteroatoms. The van der Waals surface area contributed by atoms with E-state index in [1.54, 1.807) is 6.92 Å². The number of rotatable bonds is 11. The minimum absolute atomic E-state index is 0.338. The average molecular weight is 241 g/mol. The molecule has 0 radical (unpaired) electrons. The van der Waals surface area contributed by atoms with Gasteiger partial charge in [-0.25, -0.2) is 0 Å². The van der Waals surface area contributed by atoms with E-state index in [0.29, 0.717) is 5.71 Å². The molecule has 0 aromatic carbocycles. The first-order valence-electron chi connectivity index (χ1n) is 6.75. The lowest BCUT2D eigenvalue weighted by atomic mass is 10.1. The highest BCUT2D eigenvalue weighted by atomic mass is 16.1. The van der Waals surface area contributed by atoms with E-state index in [2.05, 4.69) is 17.5 Å². The van der Waals surface area contributed by atoms with Gasteiger partial charge in [0.15, 0.2) is 0 Å². The Morgan fingerprint density at radius 2 is 1.59 bits per heavy atom. The second-order valence-corrected chi connectivity index (χ2v) is 4.44. The van der Waals surface area contributed by atoms with Crippen LogP contribution in [0.15, 0.2) is 5.10 Å². The van der Waals surface area contributed by atoms with Gasteiger partial charge >= 0.3 is 0 Å². The monoisotopic (exact) mass is 241 g/mol. The number of unbranched alkanes of at least 4 members (excludes halogenated alkanes) is 7. The van der Waals surface area contributed by atoms with Gasteiger partial charge in [-0.1, -0.05) is 51.9 Å². The van der Waals surface area contributed by atoms with Crippen LogP contribution >= 0.6 is 0 Å². The summed E-state index contributed by atoms with van der Waals surface area (Å²) in [7, 11) is 0. The van der Waals surface area contributed by atoms with Crippen LogP contribution in [0.3, 0.4) is 0 Å². The quantitative estimate of drug-likeness (QED) is 0.332. The minimum Gasteiger partial charge on any atom is -0.365 e. The number of hydrogen-bond acceptors (Lipinski definition) is 3. The molecule has 0 spiro atoms. The summed E-state index contributed by atoms with van der Waals surface area (Å²) < 4.78 is 0. The van der Waals surface area contributed by atoms with Crippen molar-refractivity contribution in [3.63, 3.8) is 0 Å². The average Bonchev–Trinajstić information content (AvgIpc) is 2.31. The molecule has 0 fully saturated rings. The van der Waals surface area contributed by atoms with E-state index >= 15 is 0 Å². The first kappa shape index (κ1) is 15.9. The van der Waals surface area contributed by atoms with Crippen LogP contribution in [0.2, 0.25) is 0 Å². The summed E-state index contributed by atoms with van der Waals surface area (Å²) in [5.41, 5.74) is 8.25. The topological polar surface area (TPSA) is 67.5 Å². The largest absolute Gasteiger partial charge is 0.365 e. The van der Waals surface area contributed by atoms with Gasteiger partial charge in [-0.2, -0.15) is 5.10 Å². The molecule has 3 N–H and O–H groups in total. The van der Waals surface area contributed by atoms with E-state index in [1.807, 2.05) is 0 Å². The highest BCUT2D eigenvalue weighted by Gasteiger charge is 1.97. The Morgan fingerprint density at radius 3 is 2.12 bits per heavy atom. The van der Waals surface area contributed by atoms with Crippen molar-refractivity contribution in [2.24, 2.45) is 10.8 Å². The molecule has 4 nitrogen and oxygen atoms in total. The third-order valence-corrected chi connectivity index (χ3v) is 2.75. The van der Waals surface area contributed by atoms with Crippen LogP contribution in [-0.4, -0.2) is 18.2 Å². The van der Waals surface area contributed by atoms with Crippen LogP contribution in [0.5, 0.6) is 0 Å². The van der Waals surface area contributed by atoms with Crippen LogP contribution in [-0.2, 0) is 4.79 Å². The lowest BCUT2D eigenvalue weighted by Crippen LogP contribution is -2.23. The summed E-state index contributed by atoms with van der Waals surface area (Å²) >= 11 is 0. The Bertz CT molecular complexity index is 227. The van der Waals surface area contributed by atoms with Crippen molar-refractivity contribution in [1.29, 1.82) is 0 Å². The van der Waals surface area contributed by atoms with Crippen molar-refractivity contribution in [3.8, 4) is 0 Å². The Labute approximate surface area is 105 Å². The van der Waals surface area contributed by atoms with Crippen molar-refractivity contribution >= 4 is 11.6 Å². The summed E-state index contributed by atoms with van der Waals surface area (Å²) in [6.45, 7) is 4.67. The van der Waals surface area contributed by atoms with Gasteiger partial charge < -0.3 is 11.2 Å². The molecule has 0 saturated heterocycles. The van der Waals surface area contributed by atoms with Crippen molar-refractivity contribution in [1.82, 2.24) is 5.43 Å². The lowest BCUT2D eigenvalue weighted by Gasteiger charge is -2.02. The number of nitrogens with zero attached hydrogens (tertiary/aromatic N) is 1. The number of nitrogens with one attached hydrogen (secondary N) is 1. The van der Waals surface area contributed by atoms with Crippen LogP contribution in [0.1, 0.15) is 65.2 Å². The van der Waals surface area contributed by atoms with Crippen LogP contribution < -0.4 is 11.2 Å². The maximum Gasteiger partial charge on any atom is 0.264 e. The molecule has 0 aromatic rings. The third-order valence-electron chi connectivity index (χ3n) is 2.75. The van der Waals surface area contributed by atoms with Gasteiger partial charge in [-0.3, -0.25) is 4.79 Å². The van der Waals surface area contributed by atoms with Gasteiger partial charge in [0, 0.05) is 6.54 Å². The second kappa shape index (κ2) is 11.4. The number of amides is 1. The number of hydrazone groups is 1. The molecule has 1 amide bonds. The molecule has 0 unspecified atom stereocenters. The predicted octanol–water partition coefficient (Wildman–Crippen LogP) is 2.58. The summed E-state index contributed by atoms with van der Waals surface area (Å²) in [4.78, 5) is 10.6. The maximum absolute atomic E-state index is 10.6. The Balaban J connectivity index is 3.19. The van der Waals surface area contributed by atoms with E-state index in [4.69, 9.17) is 5.73 Å². The normalized spacial score (nSPS) is 11.5. The molecule has 0 aromatic heterocycles. The van der Waals surface area contributed by atoms with Crippen molar-refractivity contribution in [2.45, 2.75) is 65.2 Å². The van der Waals surface area contributed by atoms with E-state index in [0.717, 1.165) is 13.0 Å². The van der Waals surface area contributed by atoms with Gasteiger partial charge in [0.2, 0.25) is 0 Å². The number of nitrogens with two attached hydrogens (primary N) is 1. The molecule has 0 bridgehead atoms.